The van der Waals surface area contributed by atoms with Gasteiger partial charge in [0.15, 0.2) is 0 Å². The molecule has 3 N–H and O–H groups in total. The lowest BCUT2D eigenvalue weighted by Gasteiger charge is -2.13. The second kappa shape index (κ2) is 8.10. The average Bonchev–Trinajstić information content (AvgIpc) is 2.44. The molecular weight excluding hydrogens is 295 g/mol. The lowest BCUT2D eigenvalue weighted by atomic mass is 10.2. The predicted molar refractivity (Wildman–Crippen MR) is 78.6 cm³/mol. The summed E-state index contributed by atoms with van der Waals surface area (Å²) in [5.74, 6) is 4.35. The van der Waals surface area contributed by atoms with Crippen LogP contribution in [0, 0.1) is 17.7 Å². The third-order valence-corrected chi connectivity index (χ3v) is 4.01. The number of hydrogen-bond donors (Lipinski definition) is 2. The van der Waals surface area contributed by atoms with Gasteiger partial charge in [0.25, 0.3) is 0 Å². The van der Waals surface area contributed by atoms with Gasteiger partial charge in [-0.15, -0.1) is 0 Å². The van der Waals surface area contributed by atoms with E-state index in [1.165, 1.54) is 12.1 Å². The lowest BCUT2D eigenvalue weighted by molar-refractivity contribution is 0.0799. The molecule has 1 atom stereocenters. The van der Waals surface area contributed by atoms with Gasteiger partial charge < -0.3 is 10.5 Å². The maximum atomic E-state index is 13.8. The quantitative estimate of drug-likeness (QED) is 0.762. The van der Waals surface area contributed by atoms with E-state index < -0.39 is 15.8 Å². The maximum Gasteiger partial charge on any atom is 0.240 e. The summed E-state index contributed by atoms with van der Waals surface area (Å²) in [6, 6.07) is 3.56. The molecule has 1 aromatic carbocycles. The van der Waals surface area contributed by atoms with E-state index in [1.54, 1.807) is 6.92 Å². The molecule has 0 saturated heterocycles. The largest absolute Gasteiger partial charge is 0.377 e. The zero-order chi connectivity index (χ0) is 15.9. The summed E-state index contributed by atoms with van der Waals surface area (Å²) in [4.78, 5) is -0.151. The maximum absolute atomic E-state index is 13.8. The highest BCUT2D eigenvalue weighted by Gasteiger charge is 2.17. The number of nitrogens with two attached hydrogens (primary N) is 1. The summed E-state index contributed by atoms with van der Waals surface area (Å²) < 4.78 is 45.4. The minimum Gasteiger partial charge on any atom is -0.377 e. The molecule has 0 heterocycles. The van der Waals surface area contributed by atoms with Crippen molar-refractivity contribution >= 4 is 10.0 Å². The highest BCUT2D eigenvalue weighted by atomic mass is 32.2. The first kappa shape index (κ1) is 17.6. The molecule has 0 aliphatic carbocycles. The van der Waals surface area contributed by atoms with E-state index in [2.05, 4.69) is 16.6 Å². The molecule has 116 valence electrons. The summed E-state index contributed by atoms with van der Waals surface area (Å²) in [6.45, 7) is 4.29. The molecule has 1 unspecified atom stereocenters. The van der Waals surface area contributed by atoms with Crippen molar-refractivity contribution in [2.24, 2.45) is 5.73 Å². The fraction of sp³-hybridized carbons (Fsp3) is 0.429. The van der Waals surface area contributed by atoms with Crippen molar-refractivity contribution < 1.29 is 17.5 Å². The Bertz CT molecular complexity index is 635. The van der Waals surface area contributed by atoms with E-state index in [0.717, 1.165) is 6.07 Å². The van der Waals surface area contributed by atoms with E-state index in [0.29, 0.717) is 6.61 Å². The Morgan fingerprint density at radius 3 is 2.76 bits per heavy atom. The first-order valence-corrected chi connectivity index (χ1v) is 7.98. The number of sulfonamides is 1. The Kier molecular flexibility index (Phi) is 6.78. The van der Waals surface area contributed by atoms with Crippen molar-refractivity contribution in [3.63, 3.8) is 0 Å². The molecule has 0 aliphatic rings. The molecule has 0 spiro atoms. The summed E-state index contributed by atoms with van der Waals surface area (Å²) in [7, 11) is -3.78. The minimum atomic E-state index is -3.78. The van der Waals surface area contributed by atoms with Gasteiger partial charge in [0, 0.05) is 13.2 Å². The number of halogens is 1. The second-order valence-electron chi connectivity index (χ2n) is 4.27. The number of hydrogen-bond acceptors (Lipinski definition) is 4. The highest BCUT2D eigenvalue weighted by molar-refractivity contribution is 7.89. The Hall–Kier alpha value is -1.46. The Balaban J connectivity index is 2.87. The minimum absolute atomic E-state index is 0.108. The molecule has 5 nitrogen and oxygen atoms in total. The third-order valence-electron chi connectivity index (χ3n) is 2.59. The fourth-order valence-corrected chi connectivity index (χ4v) is 2.69. The third kappa shape index (κ3) is 5.44. The van der Waals surface area contributed by atoms with E-state index >= 15 is 0 Å². The SMILES string of the molecule is CCOC(C)CNS(=O)(=O)c1ccc(C#CCN)c(F)c1. The smallest absolute Gasteiger partial charge is 0.240 e. The molecule has 0 bridgehead atoms. The van der Waals surface area contributed by atoms with Gasteiger partial charge in [-0.3, -0.25) is 0 Å². The van der Waals surface area contributed by atoms with Crippen LogP contribution in [-0.4, -0.2) is 34.2 Å². The molecule has 1 rings (SSSR count). The molecule has 21 heavy (non-hydrogen) atoms. The zero-order valence-electron chi connectivity index (χ0n) is 12.0. The first-order chi connectivity index (χ1) is 9.90. The van der Waals surface area contributed by atoms with Crippen molar-refractivity contribution in [1.29, 1.82) is 0 Å². The van der Waals surface area contributed by atoms with Gasteiger partial charge in [-0.2, -0.15) is 0 Å². The molecule has 0 aromatic heterocycles. The van der Waals surface area contributed by atoms with E-state index in [9.17, 15) is 12.8 Å². The van der Waals surface area contributed by atoms with Crippen LogP contribution in [0.15, 0.2) is 23.1 Å². The first-order valence-electron chi connectivity index (χ1n) is 6.50. The molecule has 0 aliphatic heterocycles. The Labute approximate surface area is 124 Å². The molecular formula is C14H19FN2O3S. The molecule has 0 amide bonds. The van der Waals surface area contributed by atoms with E-state index in [-0.39, 0.29) is 29.7 Å². The van der Waals surface area contributed by atoms with Crippen LogP contribution in [0.25, 0.3) is 0 Å². The van der Waals surface area contributed by atoms with Gasteiger partial charge in [0.05, 0.1) is 23.1 Å². The Morgan fingerprint density at radius 1 is 1.48 bits per heavy atom. The van der Waals surface area contributed by atoms with Gasteiger partial charge >= 0.3 is 0 Å². The van der Waals surface area contributed by atoms with Crippen molar-refractivity contribution in [1.82, 2.24) is 4.72 Å². The summed E-state index contributed by atoms with van der Waals surface area (Å²) in [6.07, 6.45) is -0.260. The molecule has 0 fully saturated rings. The second-order valence-corrected chi connectivity index (χ2v) is 6.03. The predicted octanol–water partition coefficient (Wildman–Crippen LogP) is 0.839. The van der Waals surface area contributed by atoms with Crippen LogP contribution in [0.3, 0.4) is 0 Å². The van der Waals surface area contributed by atoms with Crippen LogP contribution < -0.4 is 10.5 Å². The summed E-state index contributed by atoms with van der Waals surface area (Å²) >= 11 is 0. The molecule has 0 radical (unpaired) electrons. The van der Waals surface area contributed by atoms with Crippen LogP contribution in [0.4, 0.5) is 4.39 Å². The van der Waals surface area contributed by atoms with Crippen LogP contribution in [0.1, 0.15) is 19.4 Å². The van der Waals surface area contributed by atoms with Crippen molar-refractivity contribution in [2.75, 3.05) is 19.7 Å². The van der Waals surface area contributed by atoms with Crippen molar-refractivity contribution in [3.05, 3.63) is 29.6 Å². The van der Waals surface area contributed by atoms with Gasteiger partial charge in [0.2, 0.25) is 10.0 Å². The highest BCUT2D eigenvalue weighted by Crippen LogP contribution is 2.14. The fourth-order valence-electron chi connectivity index (χ4n) is 1.56. The number of ether oxygens (including phenoxy) is 1. The van der Waals surface area contributed by atoms with Crippen LogP contribution in [-0.2, 0) is 14.8 Å². The molecule has 0 saturated carbocycles. The van der Waals surface area contributed by atoms with E-state index in [4.69, 9.17) is 10.5 Å². The monoisotopic (exact) mass is 314 g/mol. The normalized spacial score (nSPS) is 12.6. The van der Waals surface area contributed by atoms with Crippen LogP contribution in [0.2, 0.25) is 0 Å². The van der Waals surface area contributed by atoms with Gasteiger partial charge in [-0.25, -0.2) is 17.5 Å². The van der Waals surface area contributed by atoms with Crippen LogP contribution in [0.5, 0.6) is 0 Å². The van der Waals surface area contributed by atoms with Crippen molar-refractivity contribution in [3.8, 4) is 11.8 Å². The standard InChI is InChI=1S/C14H19FN2O3S/c1-3-20-11(2)10-17-21(18,19)13-7-6-12(5-4-8-16)14(15)9-13/h6-7,9,11,17H,3,8,10,16H2,1-2H3. The average molecular weight is 314 g/mol. The number of nitrogens with one attached hydrogen (secondary N) is 1. The lowest BCUT2D eigenvalue weighted by Crippen LogP contribution is -2.32. The summed E-state index contributed by atoms with van der Waals surface area (Å²) in [5.41, 5.74) is 5.32. The van der Waals surface area contributed by atoms with Crippen molar-refractivity contribution in [2.45, 2.75) is 24.8 Å². The van der Waals surface area contributed by atoms with Gasteiger partial charge in [0.1, 0.15) is 5.82 Å². The Morgan fingerprint density at radius 2 is 2.19 bits per heavy atom. The van der Waals surface area contributed by atoms with Gasteiger partial charge in [-0.05, 0) is 32.0 Å². The number of benzene rings is 1. The topological polar surface area (TPSA) is 81.4 Å². The molecule has 7 heteroatoms. The number of rotatable bonds is 6. The van der Waals surface area contributed by atoms with E-state index in [1.807, 2.05) is 6.92 Å². The van der Waals surface area contributed by atoms with Crippen LogP contribution >= 0.6 is 0 Å². The molecule has 1 aromatic rings. The van der Waals surface area contributed by atoms with Gasteiger partial charge in [-0.1, -0.05) is 11.8 Å². The zero-order valence-corrected chi connectivity index (χ0v) is 12.8. The summed E-state index contributed by atoms with van der Waals surface area (Å²) in [5, 5.41) is 0.